The van der Waals surface area contributed by atoms with Crippen LogP contribution >= 0.6 is 11.3 Å². The fourth-order valence-corrected chi connectivity index (χ4v) is 3.30. The zero-order valence-corrected chi connectivity index (χ0v) is 12.5. The van der Waals surface area contributed by atoms with Crippen LogP contribution in [-0.2, 0) is 17.8 Å². The molecule has 22 heavy (non-hydrogen) atoms. The molecule has 8 heteroatoms. The van der Waals surface area contributed by atoms with Crippen LogP contribution in [0, 0.1) is 10.1 Å². The highest BCUT2D eigenvalue weighted by molar-refractivity contribution is 7.10. The summed E-state index contributed by atoms with van der Waals surface area (Å²) in [6, 6.07) is 4.89. The summed E-state index contributed by atoms with van der Waals surface area (Å²) in [7, 11) is 0. The molecule has 0 fully saturated rings. The monoisotopic (exact) mass is 318 g/mol. The minimum Gasteiger partial charge on any atom is -0.355 e. The van der Waals surface area contributed by atoms with Gasteiger partial charge in [-0.1, -0.05) is 0 Å². The Morgan fingerprint density at radius 2 is 2.36 bits per heavy atom. The Bertz CT molecular complexity index is 716. The molecule has 0 radical (unpaired) electrons. The summed E-state index contributed by atoms with van der Waals surface area (Å²) in [6.07, 6.45) is 2.32. The van der Waals surface area contributed by atoms with Gasteiger partial charge in [0.1, 0.15) is 0 Å². The normalized spacial score (nSPS) is 13.5. The van der Waals surface area contributed by atoms with E-state index in [1.165, 1.54) is 28.8 Å². The van der Waals surface area contributed by atoms with Crippen molar-refractivity contribution in [2.75, 3.05) is 18.4 Å². The summed E-state index contributed by atoms with van der Waals surface area (Å²) >= 11 is 1.72. The van der Waals surface area contributed by atoms with Crippen molar-refractivity contribution >= 4 is 28.7 Å². The zero-order chi connectivity index (χ0) is 15.5. The van der Waals surface area contributed by atoms with E-state index in [1.807, 2.05) is 11.4 Å². The number of pyridine rings is 1. The van der Waals surface area contributed by atoms with Gasteiger partial charge in [0.2, 0.25) is 11.7 Å². The SMILES string of the molecule is O=C(CNc1ncccc1[N+](=O)[O-])N1CCc2sccc2C1. The highest BCUT2D eigenvalue weighted by atomic mass is 32.1. The van der Waals surface area contributed by atoms with Crippen LogP contribution in [0.4, 0.5) is 11.5 Å². The molecular weight excluding hydrogens is 304 g/mol. The smallest absolute Gasteiger partial charge is 0.311 e. The van der Waals surface area contributed by atoms with Gasteiger partial charge in [0.05, 0.1) is 11.5 Å². The van der Waals surface area contributed by atoms with Gasteiger partial charge in [0, 0.05) is 30.2 Å². The van der Waals surface area contributed by atoms with Crippen molar-refractivity contribution in [2.24, 2.45) is 0 Å². The van der Waals surface area contributed by atoms with Crippen LogP contribution in [0.5, 0.6) is 0 Å². The van der Waals surface area contributed by atoms with Crippen LogP contribution in [0.2, 0.25) is 0 Å². The number of carbonyl (C=O) groups excluding carboxylic acids is 1. The number of aromatic nitrogens is 1. The Morgan fingerprint density at radius 3 is 3.18 bits per heavy atom. The lowest BCUT2D eigenvalue weighted by atomic mass is 10.1. The van der Waals surface area contributed by atoms with Crippen molar-refractivity contribution in [3.8, 4) is 0 Å². The lowest BCUT2D eigenvalue weighted by Gasteiger charge is -2.27. The first-order valence-electron chi connectivity index (χ1n) is 6.81. The molecule has 0 saturated heterocycles. The van der Waals surface area contributed by atoms with E-state index in [4.69, 9.17) is 0 Å². The summed E-state index contributed by atoms with van der Waals surface area (Å²) in [6.45, 7) is 1.28. The second-order valence-electron chi connectivity index (χ2n) is 4.92. The number of fused-ring (bicyclic) bond motifs is 1. The van der Waals surface area contributed by atoms with Crippen LogP contribution in [0.1, 0.15) is 10.4 Å². The zero-order valence-electron chi connectivity index (χ0n) is 11.7. The summed E-state index contributed by atoms with van der Waals surface area (Å²) in [5, 5.41) is 15.7. The van der Waals surface area contributed by atoms with Crippen molar-refractivity contribution in [2.45, 2.75) is 13.0 Å². The van der Waals surface area contributed by atoms with Gasteiger partial charge in [-0.15, -0.1) is 11.3 Å². The molecule has 0 atom stereocenters. The van der Waals surface area contributed by atoms with E-state index >= 15 is 0 Å². The molecule has 0 saturated carbocycles. The van der Waals surface area contributed by atoms with Crippen molar-refractivity contribution in [1.29, 1.82) is 0 Å². The summed E-state index contributed by atoms with van der Waals surface area (Å²) in [4.78, 5) is 29.7. The van der Waals surface area contributed by atoms with E-state index in [1.54, 1.807) is 16.2 Å². The molecule has 0 aromatic carbocycles. The molecule has 1 N–H and O–H groups in total. The van der Waals surface area contributed by atoms with E-state index in [2.05, 4.69) is 10.3 Å². The fraction of sp³-hybridized carbons (Fsp3) is 0.286. The van der Waals surface area contributed by atoms with Gasteiger partial charge in [0.15, 0.2) is 0 Å². The first kappa shape index (κ1) is 14.5. The molecule has 2 aromatic rings. The summed E-state index contributed by atoms with van der Waals surface area (Å²) in [5.74, 6) is 0.0332. The van der Waals surface area contributed by atoms with Crippen LogP contribution in [0.25, 0.3) is 0 Å². The molecule has 0 aliphatic carbocycles. The van der Waals surface area contributed by atoms with E-state index < -0.39 is 4.92 Å². The average Bonchev–Trinajstić information content (AvgIpc) is 3.00. The van der Waals surface area contributed by atoms with Gasteiger partial charge in [-0.05, 0) is 29.5 Å². The molecule has 114 valence electrons. The van der Waals surface area contributed by atoms with Crippen molar-refractivity contribution in [3.05, 3.63) is 50.3 Å². The maximum Gasteiger partial charge on any atom is 0.311 e. The van der Waals surface area contributed by atoms with E-state index in [9.17, 15) is 14.9 Å². The number of anilines is 1. The number of nitrogens with one attached hydrogen (secondary N) is 1. The number of nitro groups is 1. The molecule has 0 spiro atoms. The molecule has 3 heterocycles. The number of thiophene rings is 1. The first-order chi connectivity index (χ1) is 10.6. The van der Waals surface area contributed by atoms with Gasteiger partial charge in [-0.2, -0.15) is 0 Å². The highest BCUT2D eigenvalue weighted by Crippen LogP contribution is 2.24. The van der Waals surface area contributed by atoms with Gasteiger partial charge in [-0.3, -0.25) is 14.9 Å². The van der Waals surface area contributed by atoms with Crippen LogP contribution in [0.3, 0.4) is 0 Å². The summed E-state index contributed by atoms with van der Waals surface area (Å²) < 4.78 is 0. The maximum absolute atomic E-state index is 12.3. The molecule has 0 unspecified atom stereocenters. The third-order valence-electron chi connectivity index (χ3n) is 3.55. The van der Waals surface area contributed by atoms with Crippen LogP contribution in [-0.4, -0.2) is 33.8 Å². The number of hydrogen-bond acceptors (Lipinski definition) is 6. The fourth-order valence-electron chi connectivity index (χ4n) is 2.41. The molecular formula is C14H14N4O3S. The van der Waals surface area contributed by atoms with Crippen LogP contribution in [0.15, 0.2) is 29.8 Å². The summed E-state index contributed by atoms with van der Waals surface area (Å²) in [5.41, 5.74) is 1.06. The molecule has 7 nitrogen and oxygen atoms in total. The molecule has 0 bridgehead atoms. The molecule has 2 aromatic heterocycles. The number of nitrogens with zero attached hydrogens (tertiary/aromatic N) is 3. The Labute approximate surface area is 130 Å². The molecule has 1 aliphatic heterocycles. The van der Waals surface area contributed by atoms with Gasteiger partial charge >= 0.3 is 5.69 Å². The second kappa shape index (κ2) is 6.10. The largest absolute Gasteiger partial charge is 0.355 e. The number of rotatable bonds is 4. The van der Waals surface area contributed by atoms with E-state index in [0.717, 1.165) is 6.42 Å². The lowest BCUT2D eigenvalue weighted by Crippen LogP contribution is -2.38. The predicted octanol–water partition coefficient (Wildman–Crippen LogP) is 2.05. The number of carbonyl (C=O) groups is 1. The van der Waals surface area contributed by atoms with Crippen LogP contribution < -0.4 is 5.32 Å². The first-order valence-corrected chi connectivity index (χ1v) is 7.69. The predicted molar refractivity (Wildman–Crippen MR) is 82.8 cm³/mol. The highest BCUT2D eigenvalue weighted by Gasteiger charge is 2.22. The van der Waals surface area contributed by atoms with Gasteiger partial charge in [0.25, 0.3) is 0 Å². The minimum atomic E-state index is -0.516. The Hall–Kier alpha value is -2.48. The number of hydrogen-bond donors (Lipinski definition) is 1. The van der Waals surface area contributed by atoms with Crippen molar-refractivity contribution in [1.82, 2.24) is 9.88 Å². The average molecular weight is 318 g/mol. The molecule has 1 amide bonds. The molecule has 3 rings (SSSR count). The van der Waals surface area contributed by atoms with Crippen molar-refractivity contribution in [3.63, 3.8) is 0 Å². The van der Waals surface area contributed by atoms with Gasteiger partial charge < -0.3 is 10.2 Å². The maximum atomic E-state index is 12.3. The Kier molecular flexibility index (Phi) is 4.01. The van der Waals surface area contributed by atoms with Crippen molar-refractivity contribution < 1.29 is 9.72 Å². The third kappa shape index (κ3) is 2.91. The topological polar surface area (TPSA) is 88.4 Å². The van der Waals surface area contributed by atoms with E-state index in [-0.39, 0.29) is 24.0 Å². The van der Waals surface area contributed by atoms with E-state index in [0.29, 0.717) is 13.1 Å². The minimum absolute atomic E-state index is 0.00265. The Balaban J connectivity index is 1.63. The lowest BCUT2D eigenvalue weighted by molar-refractivity contribution is -0.384. The van der Waals surface area contributed by atoms with Gasteiger partial charge in [-0.25, -0.2) is 4.98 Å². The quantitative estimate of drug-likeness (QED) is 0.688. The Morgan fingerprint density at radius 1 is 1.50 bits per heavy atom. The second-order valence-corrected chi connectivity index (χ2v) is 5.92. The third-order valence-corrected chi connectivity index (χ3v) is 4.57. The standard InChI is InChI=1S/C14H14N4O3S/c19-13(17-6-3-12-10(9-17)4-7-22-12)8-16-14-11(18(20)21)2-1-5-15-14/h1-2,4-5,7H,3,6,8-9H2,(H,15,16). The molecule has 1 aliphatic rings. The number of amides is 1.